The maximum absolute atomic E-state index is 12.7. The van der Waals surface area contributed by atoms with Crippen LogP contribution in [-0.4, -0.2) is 82.7 Å². The zero-order valence-corrected chi connectivity index (χ0v) is 15.5. The maximum atomic E-state index is 12.7. The molecule has 1 saturated carbocycles. The highest BCUT2D eigenvalue weighted by molar-refractivity contribution is 5.82. The van der Waals surface area contributed by atoms with Crippen molar-refractivity contribution in [2.45, 2.75) is 76.5 Å². The minimum Gasteiger partial charge on any atom is -0.389 e. The van der Waals surface area contributed by atoms with Gasteiger partial charge < -0.3 is 10.0 Å². The lowest BCUT2D eigenvalue weighted by Crippen LogP contribution is -2.59. The fourth-order valence-corrected chi connectivity index (χ4v) is 4.75. The predicted molar refractivity (Wildman–Crippen MR) is 95.9 cm³/mol. The molecular weight excluding hydrogens is 302 g/mol. The second-order valence-electron chi connectivity index (χ2n) is 8.38. The number of hydrogen-bond acceptors (Lipinski definition) is 4. The molecular formula is C19H35N3O2. The number of amides is 1. The van der Waals surface area contributed by atoms with Crippen molar-refractivity contribution in [1.82, 2.24) is 14.7 Å². The van der Waals surface area contributed by atoms with Gasteiger partial charge in [-0.1, -0.05) is 19.3 Å². The van der Waals surface area contributed by atoms with Gasteiger partial charge in [-0.25, -0.2) is 0 Å². The van der Waals surface area contributed by atoms with Gasteiger partial charge in [-0.05, 0) is 39.5 Å². The van der Waals surface area contributed by atoms with E-state index in [-0.39, 0.29) is 6.04 Å². The van der Waals surface area contributed by atoms with Crippen molar-refractivity contribution in [3.63, 3.8) is 0 Å². The van der Waals surface area contributed by atoms with E-state index in [0.29, 0.717) is 11.9 Å². The Morgan fingerprint density at radius 3 is 2.33 bits per heavy atom. The van der Waals surface area contributed by atoms with Crippen molar-refractivity contribution in [2.75, 3.05) is 39.3 Å². The standard InChI is InChI=1S/C19H35N3O2/c1-16(2)22-10-6-7-17(18(22)23)21-13-11-20(12-14-21)15-19(24)8-4-3-5-9-19/h16-17,24H,3-15H2,1-2H3/t17-/m0/s1. The topological polar surface area (TPSA) is 47.0 Å². The monoisotopic (exact) mass is 337 g/mol. The van der Waals surface area contributed by atoms with Gasteiger partial charge in [0, 0.05) is 45.3 Å². The average Bonchev–Trinajstić information content (AvgIpc) is 2.56. The van der Waals surface area contributed by atoms with Gasteiger partial charge in [0.1, 0.15) is 0 Å². The van der Waals surface area contributed by atoms with Crippen LogP contribution in [0.25, 0.3) is 0 Å². The summed E-state index contributed by atoms with van der Waals surface area (Å²) in [5.41, 5.74) is -0.463. The minimum absolute atomic E-state index is 0.0843. The van der Waals surface area contributed by atoms with Crippen LogP contribution in [0.2, 0.25) is 0 Å². The highest BCUT2D eigenvalue weighted by atomic mass is 16.3. The van der Waals surface area contributed by atoms with Crippen molar-refractivity contribution in [3.05, 3.63) is 0 Å². The number of piperidine rings is 1. The molecule has 2 heterocycles. The van der Waals surface area contributed by atoms with E-state index in [4.69, 9.17) is 0 Å². The van der Waals surface area contributed by atoms with E-state index < -0.39 is 5.60 Å². The fraction of sp³-hybridized carbons (Fsp3) is 0.947. The first-order chi connectivity index (χ1) is 11.5. The van der Waals surface area contributed by atoms with Crippen LogP contribution in [-0.2, 0) is 4.79 Å². The number of carbonyl (C=O) groups excluding carboxylic acids is 1. The van der Waals surface area contributed by atoms with Gasteiger partial charge in [-0.3, -0.25) is 14.6 Å². The van der Waals surface area contributed by atoms with Crippen LogP contribution in [0.3, 0.4) is 0 Å². The van der Waals surface area contributed by atoms with E-state index in [1.165, 1.54) is 6.42 Å². The number of piperazine rings is 1. The van der Waals surface area contributed by atoms with Crippen molar-refractivity contribution in [2.24, 2.45) is 0 Å². The summed E-state index contributed by atoms with van der Waals surface area (Å²) >= 11 is 0. The molecule has 24 heavy (non-hydrogen) atoms. The summed E-state index contributed by atoms with van der Waals surface area (Å²) in [6.45, 7) is 9.84. The lowest BCUT2D eigenvalue weighted by molar-refractivity contribution is -0.143. The Kier molecular flexibility index (Phi) is 5.83. The molecule has 138 valence electrons. The highest BCUT2D eigenvalue weighted by Crippen LogP contribution is 2.29. The molecule has 3 fully saturated rings. The summed E-state index contributed by atoms with van der Waals surface area (Å²) in [5, 5.41) is 10.8. The number of nitrogens with zero attached hydrogens (tertiary/aromatic N) is 3. The Balaban J connectivity index is 1.50. The minimum atomic E-state index is -0.463. The molecule has 5 nitrogen and oxygen atoms in total. The van der Waals surface area contributed by atoms with E-state index >= 15 is 0 Å². The Labute approximate surface area is 147 Å². The first kappa shape index (κ1) is 18.2. The van der Waals surface area contributed by atoms with E-state index in [2.05, 4.69) is 23.6 Å². The third-order valence-corrected chi connectivity index (χ3v) is 6.22. The van der Waals surface area contributed by atoms with Crippen molar-refractivity contribution in [3.8, 4) is 0 Å². The summed E-state index contributed by atoms with van der Waals surface area (Å²) in [7, 11) is 0. The van der Waals surface area contributed by atoms with E-state index in [0.717, 1.165) is 77.8 Å². The fourth-order valence-electron chi connectivity index (χ4n) is 4.75. The second kappa shape index (κ2) is 7.71. The number of likely N-dealkylation sites (tertiary alicyclic amines) is 1. The molecule has 1 aliphatic carbocycles. The molecule has 1 atom stereocenters. The first-order valence-corrected chi connectivity index (χ1v) is 9.98. The SMILES string of the molecule is CC(C)N1CCC[C@H](N2CCN(CC3(O)CCCCC3)CC2)C1=O. The summed E-state index contributed by atoms with van der Waals surface area (Å²) in [6.07, 6.45) is 7.64. The van der Waals surface area contributed by atoms with E-state index in [1.807, 2.05) is 4.90 Å². The molecule has 5 heteroatoms. The lowest BCUT2D eigenvalue weighted by Gasteiger charge is -2.45. The third kappa shape index (κ3) is 4.12. The first-order valence-electron chi connectivity index (χ1n) is 9.98. The Bertz CT molecular complexity index is 426. The van der Waals surface area contributed by atoms with Gasteiger partial charge in [0.25, 0.3) is 0 Å². The van der Waals surface area contributed by atoms with Crippen LogP contribution in [0.1, 0.15) is 58.8 Å². The molecule has 1 N–H and O–H groups in total. The number of carbonyl (C=O) groups is 1. The van der Waals surface area contributed by atoms with Gasteiger partial charge >= 0.3 is 0 Å². The number of hydrogen-bond donors (Lipinski definition) is 1. The van der Waals surface area contributed by atoms with Gasteiger partial charge in [-0.15, -0.1) is 0 Å². The molecule has 2 aliphatic heterocycles. The Morgan fingerprint density at radius 1 is 1.04 bits per heavy atom. The number of β-amino-alcohol motifs (C(OH)–C–C–N with tert-alkyl or cyclic N) is 1. The Morgan fingerprint density at radius 2 is 1.71 bits per heavy atom. The molecule has 0 spiro atoms. The summed E-state index contributed by atoms with van der Waals surface area (Å²) in [5.74, 6) is 0.329. The molecule has 0 aromatic heterocycles. The number of rotatable bonds is 4. The largest absolute Gasteiger partial charge is 0.389 e. The van der Waals surface area contributed by atoms with Crippen LogP contribution in [0.4, 0.5) is 0 Å². The van der Waals surface area contributed by atoms with Crippen molar-refractivity contribution >= 4 is 5.91 Å². The zero-order valence-electron chi connectivity index (χ0n) is 15.5. The van der Waals surface area contributed by atoms with Crippen molar-refractivity contribution < 1.29 is 9.90 Å². The molecule has 2 saturated heterocycles. The molecule has 3 rings (SSSR count). The lowest BCUT2D eigenvalue weighted by atomic mass is 9.84. The normalized spacial score (nSPS) is 30.1. The molecule has 0 bridgehead atoms. The molecule has 3 aliphatic rings. The number of aliphatic hydroxyl groups is 1. The molecule has 0 aromatic carbocycles. The van der Waals surface area contributed by atoms with E-state index in [9.17, 15) is 9.90 Å². The zero-order chi connectivity index (χ0) is 17.2. The molecule has 0 unspecified atom stereocenters. The predicted octanol–water partition coefficient (Wildman–Crippen LogP) is 1.70. The summed E-state index contributed by atoms with van der Waals surface area (Å²) in [4.78, 5) is 19.6. The van der Waals surface area contributed by atoms with Crippen LogP contribution in [0.15, 0.2) is 0 Å². The smallest absolute Gasteiger partial charge is 0.240 e. The molecule has 0 aromatic rings. The second-order valence-corrected chi connectivity index (χ2v) is 8.38. The van der Waals surface area contributed by atoms with Gasteiger partial charge in [0.2, 0.25) is 5.91 Å². The van der Waals surface area contributed by atoms with Gasteiger partial charge in [-0.2, -0.15) is 0 Å². The summed E-state index contributed by atoms with van der Waals surface area (Å²) in [6, 6.07) is 0.392. The van der Waals surface area contributed by atoms with Gasteiger partial charge in [0.15, 0.2) is 0 Å². The van der Waals surface area contributed by atoms with Crippen molar-refractivity contribution in [1.29, 1.82) is 0 Å². The quantitative estimate of drug-likeness (QED) is 0.848. The van der Waals surface area contributed by atoms with E-state index in [1.54, 1.807) is 0 Å². The Hall–Kier alpha value is -0.650. The molecule has 0 radical (unpaired) electrons. The third-order valence-electron chi connectivity index (χ3n) is 6.22. The van der Waals surface area contributed by atoms with Crippen LogP contribution in [0.5, 0.6) is 0 Å². The van der Waals surface area contributed by atoms with Crippen LogP contribution in [0, 0.1) is 0 Å². The summed E-state index contributed by atoms with van der Waals surface area (Å²) < 4.78 is 0. The van der Waals surface area contributed by atoms with Crippen LogP contribution >= 0.6 is 0 Å². The average molecular weight is 338 g/mol. The van der Waals surface area contributed by atoms with Gasteiger partial charge in [0.05, 0.1) is 11.6 Å². The highest BCUT2D eigenvalue weighted by Gasteiger charge is 2.37. The molecule has 1 amide bonds. The van der Waals surface area contributed by atoms with Crippen LogP contribution < -0.4 is 0 Å². The maximum Gasteiger partial charge on any atom is 0.240 e.